The molecule has 19 heavy (non-hydrogen) atoms. The average Bonchev–Trinajstić information content (AvgIpc) is 2.45. The van der Waals surface area contributed by atoms with Crippen LogP contribution in [0.15, 0.2) is 36.8 Å². The molecule has 0 saturated carbocycles. The van der Waals surface area contributed by atoms with Crippen LogP contribution in [0.1, 0.15) is 21.6 Å². The summed E-state index contributed by atoms with van der Waals surface area (Å²) in [5.74, 6) is -0.893. The first kappa shape index (κ1) is 12.5. The summed E-state index contributed by atoms with van der Waals surface area (Å²) in [4.78, 5) is 18.6. The number of aromatic nitrogens is 2. The highest BCUT2D eigenvalue weighted by Gasteiger charge is 2.10. The highest BCUT2D eigenvalue weighted by atomic mass is 16.5. The topological polar surface area (TPSA) is 96.1 Å². The summed E-state index contributed by atoms with van der Waals surface area (Å²) >= 11 is 0. The van der Waals surface area contributed by atoms with Crippen molar-refractivity contribution in [2.24, 2.45) is 0 Å². The van der Waals surface area contributed by atoms with E-state index in [9.17, 15) is 4.79 Å². The van der Waals surface area contributed by atoms with Crippen LogP contribution in [0.25, 0.3) is 0 Å². The maximum Gasteiger partial charge on any atom is 0.339 e. The third kappa shape index (κ3) is 3.04. The Morgan fingerprint density at radius 2 is 2.26 bits per heavy atom. The SMILES string of the molecule is N#Cc1cc(COc2cnccc2C(=O)O)ccn1. The minimum absolute atomic E-state index is 0.0459. The molecule has 94 valence electrons. The van der Waals surface area contributed by atoms with Crippen molar-refractivity contribution in [3.63, 3.8) is 0 Å². The molecule has 2 aromatic rings. The van der Waals surface area contributed by atoms with Crippen LogP contribution in [0, 0.1) is 11.3 Å². The van der Waals surface area contributed by atoms with Crippen LogP contribution >= 0.6 is 0 Å². The Kier molecular flexibility index (Phi) is 3.69. The van der Waals surface area contributed by atoms with Crippen LogP contribution in [0.5, 0.6) is 5.75 Å². The van der Waals surface area contributed by atoms with Gasteiger partial charge in [0.1, 0.15) is 23.9 Å². The summed E-state index contributed by atoms with van der Waals surface area (Å²) in [6.07, 6.45) is 4.23. The van der Waals surface area contributed by atoms with Gasteiger partial charge in [0.05, 0.1) is 6.20 Å². The number of hydrogen-bond donors (Lipinski definition) is 1. The van der Waals surface area contributed by atoms with Gasteiger partial charge in [-0.15, -0.1) is 0 Å². The lowest BCUT2D eigenvalue weighted by molar-refractivity contribution is 0.0691. The van der Waals surface area contributed by atoms with Gasteiger partial charge in [0.25, 0.3) is 0 Å². The number of aromatic carboxylic acids is 1. The van der Waals surface area contributed by atoms with Crippen LogP contribution < -0.4 is 4.74 Å². The van der Waals surface area contributed by atoms with Crippen LogP contribution in [0.3, 0.4) is 0 Å². The maximum absolute atomic E-state index is 11.0. The largest absolute Gasteiger partial charge is 0.486 e. The number of carbonyl (C=O) groups is 1. The van der Waals surface area contributed by atoms with Crippen molar-refractivity contribution >= 4 is 5.97 Å². The van der Waals surface area contributed by atoms with Crippen molar-refractivity contribution in [3.05, 3.63) is 53.6 Å². The number of nitrogens with zero attached hydrogens (tertiary/aromatic N) is 3. The van der Waals surface area contributed by atoms with Gasteiger partial charge < -0.3 is 9.84 Å². The number of nitriles is 1. The summed E-state index contributed by atoms with van der Waals surface area (Å²) in [6.45, 7) is 0.142. The smallest absolute Gasteiger partial charge is 0.339 e. The third-order valence-corrected chi connectivity index (χ3v) is 2.35. The quantitative estimate of drug-likeness (QED) is 0.891. The maximum atomic E-state index is 11.0. The number of carboxylic acids is 1. The summed E-state index contributed by atoms with van der Waals surface area (Å²) in [5, 5.41) is 17.7. The van der Waals surface area contributed by atoms with E-state index in [0.717, 1.165) is 5.56 Å². The van der Waals surface area contributed by atoms with Crippen molar-refractivity contribution in [3.8, 4) is 11.8 Å². The molecule has 2 rings (SSSR count). The third-order valence-electron chi connectivity index (χ3n) is 2.35. The van der Waals surface area contributed by atoms with E-state index in [2.05, 4.69) is 9.97 Å². The average molecular weight is 255 g/mol. The van der Waals surface area contributed by atoms with Crippen LogP contribution in [-0.2, 0) is 6.61 Å². The van der Waals surface area contributed by atoms with Gasteiger partial charge in [-0.25, -0.2) is 9.78 Å². The fraction of sp³-hybridized carbons (Fsp3) is 0.0769. The molecular weight excluding hydrogens is 246 g/mol. The first-order valence-corrected chi connectivity index (χ1v) is 5.36. The van der Waals surface area contributed by atoms with Gasteiger partial charge in [-0.2, -0.15) is 5.26 Å². The Morgan fingerprint density at radius 3 is 3.00 bits per heavy atom. The minimum Gasteiger partial charge on any atom is -0.486 e. The second-order valence-corrected chi connectivity index (χ2v) is 3.63. The number of carboxylic acid groups (broad SMARTS) is 1. The first-order chi connectivity index (χ1) is 9.20. The molecule has 1 N–H and O–H groups in total. The van der Waals surface area contributed by atoms with E-state index in [1.165, 1.54) is 24.7 Å². The Hall–Kier alpha value is -2.94. The molecule has 2 heterocycles. The molecule has 0 aliphatic rings. The second-order valence-electron chi connectivity index (χ2n) is 3.63. The van der Waals surface area contributed by atoms with Gasteiger partial charge in [-0.3, -0.25) is 4.98 Å². The van der Waals surface area contributed by atoms with Gasteiger partial charge in [0, 0.05) is 12.4 Å². The zero-order chi connectivity index (χ0) is 13.7. The summed E-state index contributed by atoms with van der Waals surface area (Å²) in [6, 6.07) is 6.56. The molecule has 0 fully saturated rings. The zero-order valence-corrected chi connectivity index (χ0v) is 9.78. The van der Waals surface area contributed by atoms with E-state index in [0.29, 0.717) is 0 Å². The van der Waals surface area contributed by atoms with Crippen LogP contribution in [-0.4, -0.2) is 21.0 Å². The molecule has 0 amide bonds. The van der Waals surface area contributed by atoms with Crippen molar-refractivity contribution in [1.82, 2.24) is 9.97 Å². The number of ether oxygens (including phenoxy) is 1. The number of rotatable bonds is 4. The predicted molar refractivity (Wildman–Crippen MR) is 64.5 cm³/mol. The van der Waals surface area contributed by atoms with Crippen LogP contribution in [0.2, 0.25) is 0 Å². The standard InChI is InChI=1S/C13H9N3O3/c14-6-10-5-9(1-4-16-10)8-19-12-7-15-3-2-11(12)13(17)18/h1-5,7H,8H2,(H,17,18). The molecule has 0 aromatic carbocycles. The van der Waals surface area contributed by atoms with E-state index in [1.54, 1.807) is 12.1 Å². The highest BCUT2D eigenvalue weighted by Crippen LogP contribution is 2.17. The first-order valence-electron chi connectivity index (χ1n) is 5.36. The lowest BCUT2D eigenvalue weighted by Gasteiger charge is -2.08. The zero-order valence-electron chi connectivity index (χ0n) is 9.78. The lowest BCUT2D eigenvalue weighted by atomic mass is 10.2. The normalized spacial score (nSPS) is 9.63. The van der Waals surface area contributed by atoms with Gasteiger partial charge in [-0.1, -0.05) is 0 Å². The van der Waals surface area contributed by atoms with E-state index in [4.69, 9.17) is 15.1 Å². The fourth-order valence-electron chi connectivity index (χ4n) is 1.46. The van der Waals surface area contributed by atoms with Gasteiger partial charge in [0.15, 0.2) is 5.75 Å². The molecule has 2 aromatic heterocycles. The van der Waals surface area contributed by atoms with Gasteiger partial charge >= 0.3 is 5.97 Å². The van der Waals surface area contributed by atoms with Gasteiger partial charge in [-0.05, 0) is 23.8 Å². The van der Waals surface area contributed by atoms with E-state index < -0.39 is 5.97 Å². The molecule has 6 nitrogen and oxygen atoms in total. The molecule has 0 bridgehead atoms. The Bertz CT molecular complexity index is 650. The molecule has 0 unspecified atom stereocenters. The monoisotopic (exact) mass is 255 g/mol. The Morgan fingerprint density at radius 1 is 1.42 bits per heavy atom. The van der Waals surface area contributed by atoms with Crippen molar-refractivity contribution in [2.45, 2.75) is 6.61 Å². The highest BCUT2D eigenvalue weighted by molar-refractivity contribution is 5.90. The molecule has 0 saturated heterocycles. The Labute approximate surface area is 108 Å². The molecule has 0 aliphatic heterocycles. The van der Waals surface area contributed by atoms with E-state index in [-0.39, 0.29) is 23.6 Å². The van der Waals surface area contributed by atoms with Crippen molar-refractivity contribution in [2.75, 3.05) is 0 Å². The molecule has 0 aliphatic carbocycles. The van der Waals surface area contributed by atoms with E-state index in [1.807, 2.05) is 6.07 Å². The number of pyridine rings is 2. The minimum atomic E-state index is -1.08. The van der Waals surface area contributed by atoms with Crippen LogP contribution in [0.4, 0.5) is 0 Å². The molecular formula is C13H9N3O3. The molecule has 0 spiro atoms. The van der Waals surface area contributed by atoms with Crippen molar-refractivity contribution in [1.29, 1.82) is 5.26 Å². The summed E-state index contributed by atoms with van der Waals surface area (Å²) in [7, 11) is 0. The van der Waals surface area contributed by atoms with E-state index >= 15 is 0 Å². The Balaban J connectivity index is 2.15. The number of hydrogen-bond acceptors (Lipinski definition) is 5. The molecule has 0 atom stereocenters. The predicted octanol–water partition coefficient (Wildman–Crippen LogP) is 1.63. The second kappa shape index (κ2) is 5.60. The molecule has 6 heteroatoms. The van der Waals surface area contributed by atoms with Gasteiger partial charge in [0.2, 0.25) is 0 Å². The summed E-state index contributed by atoms with van der Waals surface area (Å²) < 4.78 is 5.40. The fourth-order valence-corrected chi connectivity index (χ4v) is 1.46. The molecule has 0 radical (unpaired) electrons. The summed E-state index contributed by atoms with van der Waals surface area (Å²) in [5.41, 5.74) is 1.06. The van der Waals surface area contributed by atoms with Crippen molar-refractivity contribution < 1.29 is 14.6 Å². The lowest BCUT2D eigenvalue weighted by Crippen LogP contribution is -2.04.